The van der Waals surface area contributed by atoms with Gasteiger partial charge in [-0.05, 0) is 98.7 Å². The van der Waals surface area contributed by atoms with E-state index < -0.39 is 11.9 Å². The van der Waals surface area contributed by atoms with Crippen molar-refractivity contribution >= 4 is 0 Å². The maximum Gasteiger partial charge on any atom is 0.193 e. The average Bonchev–Trinajstić information content (AvgIpc) is 3.20. The minimum absolute atomic E-state index is 0.129. The Kier molecular flexibility index (Phi) is 6.24. The van der Waals surface area contributed by atoms with Crippen LogP contribution in [0.1, 0.15) is 97.0 Å². The van der Waals surface area contributed by atoms with E-state index in [1.165, 1.54) is 57.8 Å². The van der Waals surface area contributed by atoms with Crippen LogP contribution in [-0.2, 0) is 5.79 Å². The third kappa shape index (κ3) is 3.81. The van der Waals surface area contributed by atoms with E-state index >= 15 is 0 Å². The van der Waals surface area contributed by atoms with E-state index in [4.69, 9.17) is 0 Å². The molecule has 33 heavy (non-hydrogen) atoms. The Labute approximate surface area is 201 Å². The summed E-state index contributed by atoms with van der Waals surface area (Å²) in [6.07, 6.45) is 13.0. The Morgan fingerprint density at radius 1 is 0.909 bits per heavy atom. The summed E-state index contributed by atoms with van der Waals surface area (Å²) >= 11 is 0. The highest BCUT2D eigenvalue weighted by atomic mass is 16.5. The maximum absolute atomic E-state index is 11.7. The molecule has 3 nitrogen and oxygen atoms in total. The molecule has 4 aliphatic carbocycles. The van der Waals surface area contributed by atoms with E-state index in [1.807, 2.05) is 37.3 Å². The lowest BCUT2D eigenvalue weighted by atomic mass is 9.42. The summed E-state index contributed by atoms with van der Waals surface area (Å²) in [5.41, 5.74) is 1.10. The first-order valence-corrected chi connectivity index (χ1v) is 13.9. The van der Waals surface area contributed by atoms with E-state index in [0.717, 1.165) is 18.3 Å². The van der Waals surface area contributed by atoms with E-state index in [2.05, 4.69) is 13.8 Å². The van der Waals surface area contributed by atoms with E-state index in [9.17, 15) is 15.3 Å². The highest BCUT2D eigenvalue weighted by Gasteiger charge is 2.63. The molecule has 4 unspecified atom stereocenters. The second kappa shape index (κ2) is 8.64. The number of hydrogen-bond acceptors (Lipinski definition) is 3. The van der Waals surface area contributed by atoms with Gasteiger partial charge in [-0.1, -0.05) is 63.4 Å². The second-order valence-electron chi connectivity index (χ2n) is 12.9. The van der Waals surface area contributed by atoms with E-state index in [1.54, 1.807) is 0 Å². The number of aliphatic hydroxyl groups is 3. The van der Waals surface area contributed by atoms with Crippen LogP contribution < -0.4 is 0 Å². The lowest BCUT2D eigenvalue weighted by molar-refractivity contribution is -0.255. The fraction of sp³-hybridized carbons (Fsp3) is 0.800. The molecule has 9 atom stereocenters. The summed E-state index contributed by atoms with van der Waals surface area (Å²) in [5, 5.41) is 34.0. The fourth-order valence-corrected chi connectivity index (χ4v) is 9.82. The van der Waals surface area contributed by atoms with Crippen molar-refractivity contribution in [3.63, 3.8) is 0 Å². The topological polar surface area (TPSA) is 60.7 Å². The van der Waals surface area contributed by atoms with Gasteiger partial charge in [0.15, 0.2) is 5.79 Å². The molecular formula is C30H46O3. The van der Waals surface area contributed by atoms with Gasteiger partial charge in [0, 0.05) is 11.5 Å². The zero-order chi connectivity index (χ0) is 23.4. The minimum atomic E-state index is -1.92. The Balaban J connectivity index is 1.57. The van der Waals surface area contributed by atoms with Crippen molar-refractivity contribution in [2.75, 3.05) is 0 Å². The predicted molar refractivity (Wildman–Crippen MR) is 132 cm³/mol. The van der Waals surface area contributed by atoms with Crippen LogP contribution in [0.25, 0.3) is 0 Å². The SMILES string of the molecule is CC(O)CC(C1C[C@@H]2[C@@H](CCC3CCCC[C@@]32C)[C@@H]2CCC[C@@]12C)C(O)(O)c1ccccc1. The van der Waals surface area contributed by atoms with Crippen LogP contribution in [0.5, 0.6) is 0 Å². The van der Waals surface area contributed by atoms with Crippen LogP contribution in [-0.4, -0.2) is 21.4 Å². The molecule has 184 valence electrons. The van der Waals surface area contributed by atoms with Crippen molar-refractivity contribution < 1.29 is 15.3 Å². The van der Waals surface area contributed by atoms with Crippen LogP contribution in [0, 0.1) is 46.3 Å². The Morgan fingerprint density at radius 2 is 1.64 bits per heavy atom. The van der Waals surface area contributed by atoms with Crippen LogP contribution in [0.15, 0.2) is 30.3 Å². The molecular weight excluding hydrogens is 408 g/mol. The molecule has 0 spiro atoms. The van der Waals surface area contributed by atoms with Gasteiger partial charge in [-0.3, -0.25) is 0 Å². The molecule has 0 aromatic heterocycles. The van der Waals surface area contributed by atoms with Crippen molar-refractivity contribution in [3.8, 4) is 0 Å². The smallest absolute Gasteiger partial charge is 0.193 e. The molecule has 0 bridgehead atoms. The Bertz CT molecular complexity index is 819. The highest BCUT2D eigenvalue weighted by molar-refractivity contribution is 5.22. The van der Waals surface area contributed by atoms with Crippen molar-refractivity contribution in [2.45, 2.75) is 103 Å². The lowest BCUT2D eigenvalue weighted by Gasteiger charge is -2.63. The Morgan fingerprint density at radius 3 is 2.36 bits per heavy atom. The normalized spacial score (nSPS) is 42.7. The van der Waals surface area contributed by atoms with Crippen LogP contribution in [0.2, 0.25) is 0 Å². The summed E-state index contributed by atoms with van der Waals surface area (Å²) < 4.78 is 0. The first-order chi connectivity index (χ1) is 15.7. The summed E-state index contributed by atoms with van der Waals surface area (Å²) in [4.78, 5) is 0. The molecule has 0 heterocycles. The van der Waals surface area contributed by atoms with Crippen LogP contribution in [0.4, 0.5) is 0 Å². The molecule has 4 fully saturated rings. The standard InChI is InChI=1S/C30H46O3/c1-20(31)18-27(30(32,33)22-11-5-4-6-12-22)26-19-25-23(24-13-9-17-29(24,26)3)15-14-21-10-7-8-16-28(21,25)2/h4-6,11-12,20-21,23-27,31-33H,7-10,13-19H2,1-3H3/t20?,21?,23-,24-,25+,26?,27?,28-,29+/m0/s1. The lowest BCUT2D eigenvalue weighted by Crippen LogP contribution is -2.58. The van der Waals surface area contributed by atoms with E-state index in [0.29, 0.717) is 29.2 Å². The molecule has 0 amide bonds. The van der Waals surface area contributed by atoms with Gasteiger partial charge in [-0.15, -0.1) is 0 Å². The van der Waals surface area contributed by atoms with Gasteiger partial charge in [0.25, 0.3) is 0 Å². The maximum atomic E-state index is 11.7. The van der Waals surface area contributed by atoms with Gasteiger partial charge in [0.2, 0.25) is 0 Å². The zero-order valence-corrected chi connectivity index (χ0v) is 21.0. The number of rotatable bonds is 5. The van der Waals surface area contributed by atoms with E-state index in [-0.39, 0.29) is 17.3 Å². The monoisotopic (exact) mass is 454 g/mol. The van der Waals surface area contributed by atoms with Gasteiger partial charge < -0.3 is 15.3 Å². The molecule has 3 N–H and O–H groups in total. The largest absolute Gasteiger partial charge is 0.393 e. The number of hydrogen-bond donors (Lipinski definition) is 3. The first-order valence-electron chi connectivity index (χ1n) is 13.9. The van der Waals surface area contributed by atoms with Crippen molar-refractivity contribution in [2.24, 2.45) is 46.3 Å². The third-order valence-electron chi connectivity index (χ3n) is 11.4. The van der Waals surface area contributed by atoms with Crippen LogP contribution >= 0.6 is 0 Å². The summed E-state index contributed by atoms with van der Waals surface area (Å²) in [6, 6.07) is 9.39. The molecule has 0 aliphatic heterocycles. The number of aliphatic hydroxyl groups excluding tert-OH is 1. The number of fused-ring (bicyclic) bond motifs is 5. The Hall–Kier alpha value is -0.900. The van der Waals surface area contributed by atoms with Gasteiger partial charge in [-0.25, -0.2) is 0 Å². The third-order valence-corrected chi connectivity index (χ3v) is 11.4. The molecule has 1 aromatic rings. The molecule has 4 saturated carbocycles. The number of benzene rings is 1. The molecule has 4 aliphatic rings. The van der Waals surface area contributed by atoms with Gasteiger partial charge in [-0.2, -0.15) is 0 Å². The van der Waals surface area contributed by atoms with Gasteiger partial charge in [0.1, 0.15) is 0 Å². The van der Waals surface area contributed by atoms with Gasteiger partial charge in [0.05, 0.1) is 6.10 Å². The van der Waals surface area contributed by atoms with Crippen molar-refractivity contribution in [1.29, 1.82) is 0 Å². The van der Waals surface area contributed by atoms with Crippen LogP contribution in [0.3, 0.4) is 0 Å². The summed E-state index contributed by atoms with van der Waals surface area (Å²) in [7, 11) is 0. The first kappa shape index (κ1) is 23.8. The second-order valence-corrected chi connectivity index (χ2v) is 12.9. The fourth-order valence-electron chi connectivity index (χ4n) is 9.82. The molecule has 0 radical (unpaired) electrons. The zero-order valence-electron chi connectivity index (χ0n) is 21.0. The predicted octanol–water partition coefficient (Wildman–Crippen LogP) is 6.26. The quantitative estimate of drug-likeness (QED) is 0.460. The molecule has 5 rings (SSSR count). The van der Waals surface area contributed by atoms with Crippen molar-refractivity contribution in [3.05, 3.63) is 35.9 Å². The van der Waals surface area contributed by atoms with Crippen molar-refractivity contribution in [1.82, 2.24) is 0 Å². The minimum Gasteiger partial charge on any atom is -0.393 e. The highest BCUT2D eigenvalue weighted by Crippen LogP contribution is 2.69. The summed E-state index contributed by atoms with van der Waals surface area (Å²) in [5.74, 6) is 0.936. The molecule has 3 heteroatoms. The summed E-state index contributed by atoms with van der Waals surface area (Å²) in [6.45, 7) is 6.87. The molecule has 0 saturated heterocycles. The average molecular weight is 455 g/mol. The van der Waals surface area contributed by atoms with Gasteiger partial charge >= 0.3 is 0 Å². The molecule has 1 aromatic carbocycles.